The maximum atomic E-state index is 12.4. The molecule has 1 nitrogen and oxygen atoms in total. The van der Waals surface area contributed by atoms with Crippen molar-refractivity contribution in [3.8, 4) is 0 Å². The lowest BCUT2D eigenvalue weighted by Crippen LogP contribution is -2.21. The molecule has 0 bridgehead atoms. The molecule has 1 aliphatic rings. The number of nitrogens with one attached hydrogen (secondary N) is 1. The molecule has 0 aromatic heterocycles. The number of benzene rings is 1. The molecule has 1 N–H and O–H groups in total. The zero-order chi connectivity index (χ0) is 11.6. The lowest BCUT2D eigenvalue weighted by Gasteiger charge is -2.10. The second kappa shape index (κ2) is 4.50. The summed E-state index contributed by atoms with van der Waals surface area (Å²) in [5.41, 5.74) is 1.50. The maximum absolute atomic E-state index is 12.4. The van der Waals surface area contributed by atoms with Crippen molar-refractivity contribution in [2.45, 2.75) is 32.7 Å². The van der Waals surface area contributed by atoms with Crippen LogP contribution in [0.3, 0.4) is 0 Å². The average molecular weight is 225 g/mol. The van der Waals surface area contributed by atoms with Gasteiger partial charge in [-0.1, -0.05) is 25.1 Å². The van der Waals surface area contributed by atoms with E-state index in [1.54, 1.807) is 12.1 Å². The SMILES string of the molecule is CC1(CNCc2cccc(C(F)F)c2)CC1. The van der Waals surface area contributed by atoms with Gasteiger partial charge in [0, 0.05) is 18.7 Å². The smallest absolute Gasteiger partial charge is 0.263 e. The molecular formula is C13H17F2N. The summed E-state index contributed by atoms with van der Waals surface area (Å²) in [6.07, 6.45) is 0.176. The van der Waals surface area contributed by atoms with Crippen LogP contribution in [0.2, 0.25) is 0 Å². The van der Waals surface area contributed by atoms with Gasteiger partial charge in [0.1, 0.15) is 0 Å². The van der Waals surface area contributed by atoms with Crippen LogP contribution in [0.15, 0.2) is 24.3 Å². The van der Waals surface area contributed by atoms with Gasteiger partial charge in [-0.2, -0.15) is 0 Å². The fourth-order valence-electron chi connectivity index (χ4n) is 1.74. The molecule has 2 rings (SSSR count). The van der Waals surface area contributed by atoms with E-state index in [2.05, 4.69) is 12.2 Å². The minimum absolute atomic E-state index is 0.108. The summed E-state index contributed by atoms with van der Waals surface area (Å²) < 4.78 is 24.9. The molecule has 0 unspecified atom stereocenters. The third-order valence-corrected chi connectivity index (χ3v) is 3.19. The number of hydrogen-bond donors (Lipinski definition) is 1. The number of halogens is 2. The van der Waals surface area contributed by atoms with Crippen molar-refractivity contribution >= 4 is 0 Å². The molecule has 1 aromatic rings. The molecule has 1 aliphatic carbocycles. The van der Waals surface area contributed by atoms with Gasteiger partial charge in [-0.15, -0.1) is 0 Å². The summed E-state index contributed by atoms with van der Waals surface area (Å²) >= 11 is 0. The van der Waals surface area contributed by atoms with Crippen molar-refractivity contribution < 1.29 is 8.78 Å². The van der Waals surface area contributed by atoms with Crippen molar-refractivity contribution in [1.82, 2.24) is 5.32 Å². The number of rotatable bonds is 5. The summed E-state index contributed by atoms with van der Waals surface area (Å²) in [6, 6.07) is 6.62. The van der Waals surface area contributed by atoms with E-state index < -0.39 is 6.43 Å². The molecule has 0 radical (unpaired) electrons. The quantitative estimate of drug-likeness (QED) is 0.808. The van der Waals surface area contributed by atoms with Gasteiger partial charge in [0.05, 0.1) is 0 Å². The Hall–Kier alpha value is -0.960. The predicted octanol–water partition coefficient (Wildman–Crippen LogP) is 3.51. The molecule has 16 heavy (non-hydrogen) atoms. The first-order valence-electron chi connectivity index (χ1n) is 5.67. The highest BCUT2D eigenvalue weighted by Crippen LogP contribution is 2.44. The highest BCUT2D eigenvalue weighted by atomic mass is 19.3. The normalized spacial score (nSPS) is 17.8. The van der Waals surface area contributed by atoms with E-state index in [1.165, 1.54) is 18.9 Å². The van der Waals surface area contributed by atoms with Gasteiger partial charge in [-0.25, -0.2) is 8.78 Å². The first-order valence-corrected chi connectivity index (χ1v) is 5.67. The fourth-order valence-corrected chi connectivity index (χ4v) is 1.74. The molecule has 0 heterocycles. The van der Waals surface area contributed by atoms with Crippen LogP contribution < -0.4 is 5.32 Å². The Morgan fingerprint density at radius 1 is 1.38 bits per heavy atom. The van der Waals surface area contributed by atoms with Crippen molar-refractivity contribution in [2.75, 3.05) is 6.54 Å². The Balaban J connectivity index is 1.86. The molecule has 1 aromatic carbocycles. The van der Waals surface area contributed by atoms with E-state index in [0.717, 1.165) is 12.1 Å². The van der Waals surface area contributed by atoms with Crippen molar-refractivity contribution in [1.29, 1.82) is 0 Å². The Kier molecular flexibility index (Phi) is 3.24. The lowest BCUT2D eigenvalue weighted by atomic mass is 10.1. The second-order valence-corrected chi connectivity index (χ2v) is 4.96. The molecule has 0 saturated heterocycles. The van der Waals surface area contributed by atoms with Gasteiger partial charge in [-0.3, -0.25) is 0 Å². The largest absolute Gasteiger partial charge is 0.312 e. The van der Waals surface area contributed by atoms with Crippen LogP contribution in [0, 0.1) is 5.41 Å². The van der Waals surface area contributed by atoms with Gasteiger partial charge >= 0.3 is 0 Å². The zero-order valence-electron chi connectivity index (χ0n) is 9.47. The molecule has 0 amide bonds. The monoisotopic (exact) mass is 225 g/mol. The van der Waals surface area contributed by atoms with Gasteiger partial charge in [0.25, 0.3) is 6.43 Å². The van der Waals surface area contributed by atoms with E-state index in [4.69, 9.17) is 0 Å². The lowest BCUT2D eigenvalue weighted by molar-refractivity contribution is 0.151. The molecule has 3 heteroatoms. The van der Waals surface area contributed by atoms with Gasteiger partial charge in [0.2, 0.25) is 0 Å². The molecule has 1 fully saturated rings. The van der Waals surface area contributed by atoms with Crippen LogP contribution in [0.4, 0.5) is 8.78 Å². The van der Waals surface area contributed by atoms with Crippen LogP contribution in [-0.4, -0.2) is 6.54 Å². The van der Waals surface area contributed by atoms with E-state index in [1.807, 2.05) is 6.07 Å². The number of alkyl halides is 2. The summed E-state index contributed by atoms with van der Waals surface area (Å²) in [6.45, 7) is 3.90. The van der Waals surface area contributed by atoms with Gasteiger partial charge < -0.3 is 5.32 Å². The molecule has 88 valence electrons. The Morgan fingerprint density at radius 3 is 2.75 bits per heavy atom. The third kappa shape index (κ3) is 3.01. The van der Waals surface area contributed by atoms with E-state index in [9.17, 15) is 8.78 Å². The van der Waals surface area contributed by atoms with Crippen molar-refractivity contribution in [2.24, 2.45) is 5.41 Å². The van der Waals surface area contributed by atoms with Gasteiger partial charge in [-0.05, 0) is 29.9 Å². The second-order valence-electron chi connectivity index (χ2n) is 4.96. The summed E-state index contributed by atoms with van der Waals surface area (Å²) in [5.74, 6) is 0. The highest BCUT2D eigenvalue weighted by molar-refractivity contribution is 5.24. The Morgan fingerprint density at radius 2 is 2.12 bits per heavy atom. The fraction of sp³-hybridized carbons (Fsp3) is 0.538. The minimum atomic E-state index is -2.37. The topological polar surface area (TPSA) is 12.0 Å². The third-order valence-electron chi connectivity index (χ3n) is 3.19. The van der Waals surface area contributed by atoms with E-state index in [0.29, 0.717) is 12.0 Å². The summed E-state index contributed by atoms with van der Waals surface area (Å²) in [7, 11) is 0. The Bertz CT molecular complexity index is 359. The predicted molar refractivity (Wildman–Crippen MR) is 60.4 cm³/mol. The summed E-state index contributed by atoms with van der Waals surface area (Å²) in [4.78, 5) is 0. The molecule has 0 atom stereocenters. The first-order chi connectivity index (χ1) is 7.59. The van der Waals surface area contributed by atoms with Crippen LogP contribution >= 0.6 is 0 Å². The average Bonchev–Trinajstić information content (AvgIpc) is 2.97. The van der Waals surface area contributed by atoms with Crippen molar-refractivity contribution in [3.05, 3.63) is 35.4 Å². The van der Waals surface area contributed by atoms with Crippen LogP contribution in [0.25, 0.3) is 0 Å². The van der Waals surface area contributed by atoms with Crippen molar-refractivity contribution in [3.63, 3.8) is 0 Å². The minimum Gasteiger partial charge on any atom is -0.312 e. The molecular weight excluding hydrogens is 208 g/mol. The number of hydrogen-bond acceptors (Lipinski definition) is 1. The first kappa shape index (κ1) is 11.5. The Labute approximate surface area is 94.9 Å². The van der Waals surface area contributed by atoms with Crippen LogP contribution in [0.5, 0.6) is 0 Å². The summed E-state index contributed by atoms with van der Waals surface area (Å²) in [5, 5.41) is 3.33. The van der Waals surface area contributed by atoms with Crippen LogP contribution in [-0.2, 0) is 6.54 Å². The highest BCUT2D eigenvalue weighted by Gasteiger charge is 2.36. The molecule has 0 aliphatic heterocycles. The molecule has 0 spiro atoms. The van der Waals surface area contributed by atoms with E-state index >= 15 is 0 Å². The van der Waals surface area contributed by atoms with E-state index in [-0.39, 0.29) is 5.56 Å². The van der Waals surface area contributed by atoms with Crippen LogP contribution in [0.1, 0.15) is 37.3 Å². The van der Waals surface area contributed by atoms with Gasteiger partial charge in [0.15, 0.2) is 0 Å². The zero-order valence-corrected chi connectivity index (χ0v) is 9.47. The molecule has 1 saturated carbocycles. The maximum Gasteiger partial charge on any atom is 0.263 e. The standard InChI is InChI=1S/C13H17F2N/c1-13(5-6-13)9-16-8-10-3-2-4-11(7-10)12(14)15/h2-4,7,12,16H,5-6,8-9H2,1H3.